The zero-order chi connectivity index (χ0) is 24.9. The number of amides is 2. The molecule has 0 fully saturated rings. The van der Waals surface area contributed by atoms with Crippen LogP contribution in [0.3, 0.4) is 0 Å². The number of halogens is 2. The number of aryl methyl sites for hydroxylation is 2. The third-order valence-corrected chi connectivity index (χ3v) is 5.44. The molecule has 0 saturated carbocycles. The van der Waals surface area contributed by atoms with Crippen molar-refractivity contribution in [2.75, 3.05) is 10.6 Å². The van der Waals surface area contributed by atoms with Gasteiger partial charge in [0, 0.05) is 12.6 Å². The Bertz CT molecular complexity index is 1130. The number of carbonyl (C=O) groups excluding carboxylic acids is 2. The van der Waals surface area contributed by atoms with Crippen LogP contribution in [0.2, 0.25) is 5.15 Å². The highest BCUT2D eigenvalue weighted by atomic mass is 35.5. The lowest BCUT2D eigenvalue weighted by atomic mass is 10.1. The molecule has 2 heterocycles. The first-order valence-corrected chi connectivity index (χ1v) is 11.4. The number of ether oxygens (including phenoxy) is 1. The maximum Gasteiger partial charge on any atom is 0.412 e. The van der Waals surface area contributed by atoms with Gasteiger partial charge in [0.15, 0.2) is 5.69 Å². The Hall–Kier alpha value is -2.98. The molecule has 1 aromatic carbocycles. The number of benzene rings is 1. The molecule has 0 spiro atoms. The number of hydrogen-bond donors (Lipinski definition) is 2. The molecule has 0 aliphatic rings. The van der Waals surface area contributed by atoms with E-state index >= 15 is 0 Å². The zero-order valence-electron chi connectivity index (χ0n) is 19.5. The molecule has 3 aromatic rings. The summed E-state index contributed by atoms with van der Waals surface area (Å²) in [5.74, 6) is -1.13. The quantitative estimate of drug-likeness (QED) is 0.444. The van der Waals surface area contributed by atoms with Crippen molar-refractivity contribution in [1.29, 1.82) is 0 Å². The highest BCUT2D eigenvalue weighted by Crippen LogP contribution is 2.36. The van der Waals surface area contributed by atoms with Crippen molar-refractivity contribution >= 4 is 45.6 Å². The van der Waals surface area contributed by atoms with Crippen molar-refractivity contribution in [1.82, 2.24) is 14.8 Å². The van der Waals surface area contributed by atoms with Gasteiger partial charge in [-0.25, -0.2) is 14.2 Å². The number of rotatable bonds is 4. The average Bonchev–Trinajstić information content (AvgIpc) is 3.26. The summed E-state index contributed by atoms with van der Waals surface area (Å²) < 4.78 is 21.1. The van der Waals surface area contributed by atoms with Crippen LogP contribution in [0.1, 0.15) is 50.7 Å². The first kappa shape index (κ1) is 26.3. The van der Waals surface area contributed by atoms with Crippen molar-refractivity contribution < 1.29 is 18.7 Å². The third kappa shape index (κ3) is 6.52. The summed E-state index contributed by atoms with van der Waals surface area (Å²) in [5, 5.41) is 9.68. The summed E-state index contributed by atoms with van der Waals surface area (Å²) in [6, 6.07) is 4.62. The van der Waals surface area contributed by atoms with Gasteiger partial charge in [-0.1, -0.05) is 48.9 Å². The fraction of sp³-hybridized carbons (Fsp3) is 0.364. The van der Waals surface area contributed by atoms with Crippen molar-refractivity contribution in [3.8, 4) is 10.6 Å². The lowest BCUT2D eigenvalue weighted by molar-refractivity contribution is 0.0636. The van der Waals surface area contributed by atoms with Gasteiger partial charge in [0.1, 0.15) is 26.6 Å². The third-order valence-electron chi connectivity index (χ3n) is 4.01. The number of hydrogen-bond acceptors (Lipinski definition) is 6. The fourth-order valence-electron chi connectivity index (χ4n) is 2.65. The van der Waals surface area contributed by atoms with E-state index in [1.54, 1.807) is 46.9 Å². The van der Waals surface area contributed by atoms with E-state index in [-0.39, 0.29) is 32.1 Å². The molecule has 33 heavy (non-hydrogen) atoms. The molecular formula is C22H27ClFN5O3S. The number of nitrogens with zero attached hydrogens (tertiary/aromatic N) is 3. The number of thiazole rings is 1. The Morgan fingerprint density at radius 1 is 1.21 bits per heavy atom. The normalized spacial score (nSPS) is 10.8. The summed E-state index contributed by atoms with van der Waals surface area (Å²) in [5.41, 5.74) is 0.311. The number of aromatic nitrogens is 3. The lowest BCUT2D eigenvalue weighted by Crippen LogP contribution is -2.27. The Kier molecular flexibility index (Phi) is 8.57. The largest absolute Gasteiger partial charge is 0.444 e. The minimum atomic E-state index is -0.763. The molecule has 8 nitrogen and oxygen atoms in total. The number of anilines is 2. The average molecular weight is 496 g/mol. The Morgan fingerprint density at radius 2 is 1.88 bits per heavy atom. The van der Waals surface area contributed by atoms with Crippen molar-refractivity contribution in [2.24, 2.45) is 7.05 Å². The van der Waals surface area contributed by atoms with Crippen LogP contribution in [0.5, 0.6) is 0 Å². The molecular weight excluding hydrogens is 469 g/mol. The first-order chi connectivity index (χ1) is 15.5. The van der Waals surface area contributed by atoms with Gasteiger partial charge in [0.2, 0.25) is 0 Å². The van der Waals surface area contributed by atoms with Gasteiger partial charge in [-0.05, 0) is 39.3 Å². The van der Waals surface area contributed by atoms with Gasteiger partial charge >= 0.3 is 6.09 Å². The van der Waals surface area contributed by atoms with Crippen LogP contribution in [0.4, 0.5) is 19.9 Å². The van der Waals surface area contributed by atoms with Crippen LogP contribution in [-0.2, 0) is 11.8 Å². The van der Waals surface area contributed by atoms with E-state index in [1.807, 2.05) is 13.8 Å². The molecule has 0 atom stereocenters. The molecule has 11 heteroatoms. The number of carbonyl (C=O) groups is 2. The Morgan fingerprint density at radius 3 is 2.42 bits per heavy atom. The Balaban J connectivity index is 0.00000187. The highest BCUT2D eigenvalue weighted by Gasteiger charge is 2.25. The summed E-state index contributed by atoms with van der Waals surface area (Å²) in [7, 11) is 1.62. The van der Waals surface area contributed by atoms with E-state index in [1.165, 1.54) is 16.9 Å². The molecule has 0 aliphatic heterocycles. The van der Waals surface area contributed by atoms with Crippen LogP contribution in [0.25, 0.3) is 10.6 Å². The molecule has 3 rings (SSSR count). The van der Waals surface area contributed by atoms with Crippen molar-refractivity contribution in [3.63, 3.8) is 0 Å². The van der Waals surface area contributed by atoms with Gasteiger partial charge in [0.05, 0.1) is 11.9 Å². The summed E-state index contributed by atoms with van der Waals surface area (Å²) in [6.45, 7) is 10.9. The van der Waals surface area contributed by atoms with Gasteiger partial charge in [0.25, 0.3) is 5.91 Å². The smallest absolute Gasteiger partial charge is 0.412 e. The van der Waals surface area contributed by atoms with E-state index in [4.69, 9.17) is 16.3 Å². The second kappa shape index (κ2) is 10.8. The van der Waals surface area contributed by atoms with Crippen molar-refractivity contribution in [2.45, 2.75) is 47.1 Å². The predicted molar refractivity (Wildman–Crippen MR) is 130 cm³/mol. The lowest BCUT2D eigenvalue weighted by Gasteiger charge is -2.19. The monoisotopic (exact) mass is 495 g/mol. The van der Waals surface area contributed by atoms with Gasteiger partial charge in [-0.2, -0.15) is 5.10 Å². The molecule has 178 valence electrons. The van der Waals surface area contributed by atoms with Crippen LogP contribution < -0.4 is 10.6 Å². The molecule has 2 N–H and O–H groups in total. The van der Waals surface area contributed by atoms with E-state index in [0.29, 0.717) is 5.56 Å². The maximum atomic E-state index is 14.5. The molecule has 0 radical (unpaired) electrons. The topological polar surface area (TPSA) is 98.1 Å². The first-order valence-electron chi connectivity index (χ1n) is 10.2. The van der Waals surface area contributed by atoms with Crippen LogP contribution >= 0.6 is 22.9 Å². The van der Waals surface area contributed by atoms with Gasteiger partial charge < -0.3 is 10.1 Å². The SMILES string of the molecule is CC.Cc1cccc(F)c1-c1nc(C(=O)Nc2cnn(C)c2Cl)c(NC(=O)OC(C)(C)C)s1. The van der Waals surface area contributed by atoms with Crippen LogP contribution in [0, 0.1) is 12.7 Å². The molecule has 0 unspecified atom stereocenters. The van der Waals surface area contributed by atoms with E-state index in [2.05, 4.69) is 20.7 Å². The Labute approximate surface area is 201 Å². The van der Waals surface area contributed by atoms with E-state index < -0.39 is 23.4 Å². The standard InChI is InChI=1S/C20H21ClFN5O3S.C2H6/c1-10-7-6-8-11(22)13(10)17-25-14(16(28)24-12-9-23-27(5)15(12)21)18(31-17)26-19(29)30-20(2,3)4;1-2/h6-9H,1-5H3,(H,24,28)(H,26,29);1-2H3. The molecule has 0 bridgehead atoms. The molecule has 2 aromatic heterocycles. The molecule has 0 aliphatic carbocycles. The van der Waals surface area contributed by atoms with Crippen molar-refractivity contribution in [3.05, 3.63) is 46.6 Å². The second-order valence-corrected chi connectivity index (χ2v) is 9.04. The molecule has 2 amide bonds. The summed E-state index contributed by atoms with van der Waals surface area (Å²) in [4.78, 5) is 29.5. The number of nitrogens with one attached hydrogen (secondary N) is 2. The van der Waals surface area contributed by atoms with Gasteiger partial charge in [-0.15, -0.1) is 0 Å². The maximum absolute atomic E-state index is 14.5. The van der Waals surface area contributed by atoms with Gasteiger partial charge in [-0.3, -0.25) is 14.8 Å². The second-order valence-electron chi connectivity index (χ2n) is 7.68. The highest BCUT2D eigenvalue weighted by molar-refractivity contribution is 7.19. The minimum absolute atomic E-state index is 0.103. The van der Waals surface area contributed by atoms with Crippen LogP contribution in [-0.4, -0.2) is 32.4 Å². The predicted octanol–water partition coefficient (Wildman–Crippen LogP) is 6.27. The zero-order valence-corrected chi connectivity index (χ0v) is 21.1. The minimum Gasteiger partial charge on any atom is -0.444 e. The van der Waals surface area contributed by atoms with Crippen LogP contribution in [0.15, 0.2) is 24.4 Å². The fourth-order valence-corrected chi connectivity index (χ4v) is 3.85. The molecule has 0 saturated heterocycles. The van der Waals surface area contributed by atoms with E-state index in [9.17, 15) is 14.0 Å². The van der Waals surface area contributed by atoms with E-state index in [0.717, 1.165) is 11.3 Å². The summed E-state index contributed by atoms with van der Waals surface area (Å²) in [6.07, 6.45) is 0.622. The summed E-state index contributed by atoms with van der Waals surface area (Å²) >= 11 is 7.07.